The fourth-order valence-electron chi connectivity index (χ4n) is 6.42. The number of hydrogen-bond acceptors (Lipinski definition) is 6. The van der Waals surface area contributed by atoms with Crippen LogP contribution in [0.15, 0.2) is 23.0 Å². The van der Waals surface area contributed by atoms with Crippen LogP contribution >= 0.6 is 11.6 Å². The summed E-state index contributed by atoms with van der Waals surface area (Å²) in [4.78, 5) is 33.8. The first kappa shape index (κ1) is 29.0. The maximum Gasteiger partial charge on any atom is 0.253 e. The maximum absolute atomic E-state index is 13.5. The third-order valence-corrected chi connectivity index (χ3v) is 9.15. The van der Waals surface area contributed by atoms with E-state index in [4.69, 9.17) is 21.1 Å². The molecule has 2 N–H and O–H groups in total. The molecule has 0 atom stereocenters. The highest BCUT2D eigenvalue weighted by atomic mass is 35.5. The Hall–Kier alpha value is -2.55. The lowest BCUT2D eigenvalue weighted by atomic mass is 9.86. The lowest BCUT2D eigenvalue weighted by Gasteiger charge is -2.44. The molecule has 40 heavy (non-hydrogen) atoms. The van der Waals surface area contributed by atoms with Gasteiger partial charge in [-0.15, -0.1) is 0 Å². The molecule has 1 amide bonds. The fraction of sp³-hybridized carbons (Fsp3) is 0.613. The molecule has 3 heterocycles. The number of amides is 1. The molecule has 1 aromatic heterocycles. The molecule has 0 unspecified atom stereocenters. The number of benzene rings is 1. The van der Waals surface area contributed by atoms with E-state index < -0.39 is 0 Å². The zero-order chi connectivity index (χ0) is 28.2. The molecule has 0 spiro atoms. The van der Waals surface area contributed by atoms with E-state index in [1.165, 1.54) is 32.4 Å². The summed E-state index contributed by atoms with van der Waals surface area (Å²) in [7, 11) is 0. The predicted molar refractivity (Wildman–Crippen MR) is 159 cm³/mol. The first-order valence-corrected chi connectivity index (χ1v) is 15.3. The largest absolute Gasteiger partial charge is 0.490 e. The Bertz CT molecular complexity index is 1250. The lowest BCUT2D eigenvalue weighted by Crippen LogP contribution is -2.50. The SMILES string of the molecule is CCN(c1cc(O[C@H]2C[C@H](N3CCCCC3)C2)cc(C(=O)NCc2c(C)cc(C)[nH]c2=O)c1Cl)C1CCOCC1. The number of aromatic amines is 1. The van der Waals surface area contributed by atoms with Crippen LogP contribution in [0.3, 0.4) is 0 Å². The minimum atomic E-state index is -0.320. The standard InChI is InChI=1S/C31H43ClN4O4/c1-4-36(22-8-12-39-13-9-22)28-18-25(40-24-15-23(16-24)35-10-6-5-7-11-35)17-26(29(28)32)30(37)33-19-27-20(2)14-21(3)34-31(27)38/h14,17-18,22-24H,4-13,15-16,19H2,1-3H3,(H,33,37)(H,34,38)/t23-,24-. The van der Waals surface area contributed by atoms with Crippen LogP contribution < -0.4 is 20.5 Å². The molecule has 0 radical (unpaired) electrons. The van der Waals surface area contributed by atoms with Crippen LogP contribution in [0.25, 0.3) is 0 Å². The number of piperidine rings is 1. The number of carbonyl (C=O) groups is 1. The minimum Gasteiger partial charge on any atom is -0.490 e. The fourth-order valence-corrected chi connectivity index (χ4v) is 6.72. The van der Waals surface area contributed by atoms with Gasteiger partial charge in [0.1, 0.15) is 11.9 Å². The zero-order valence-corrected chi connectivity index (χ0v) is 24.8. The second-order valence-corrected chi connectivity index (χ2v) is 11.9. The molecular weight excluding hydrogens is 528 g/mol. The summed E-state index contributed by atoms with van der Waals surface area (Å²) >= 11 is 6.98. The molecule has 2 saturated heterocycles. The highest BCUT2D eigenvalue weighted by Gasteiger charge is 2.36. The molecule has 0 bridgehead atoms. The van der Waals surface area contributed by atoms with Gasteiger partial charge < -0.3 is 29.6 Å². The van der Waals surface area contributed by atoms with Gasteiger partial charge in [0.25, 0.3) is 11.5 Å². The van der Waals surface area contributed by atoms with Crippen molar-refractivity contribution in [1.82, 2.24) is 15.2 Å². The van der Waals surface area contributed by atoms with Crippen molar-refractivity contribution in [3.63, 3.8) is 0 Å². The second-order valence-electron chi connectivity index (χ2n) is 11.5. The van der Waals surface area contributed by atoms with Crippen LogP contribution in [0.5, 0.6) is 5.75 Å². The van der Waals surface area contributed by atoms with Gasteiger partial charge in [-0.3, -0.25) is 9.59 Å². The molecule has 2 aromatic rings. The predicted octanol–water partition coefficient (Wildman–Crippen LogP) is 4.98. The number of halogens is 1. The smallest absolute Gasteiger partial charge is 0.253 e. The Morgan fingerprint density at radius 3 is 2.55 bits per heavy atom. The first-order valence-electron chi connectivity index (χ1n) is 14.9. The molecule has 1 aromatic carbocycles. The number of pyridine rings is 1. The van der Waals surface area contributed by atoms with Gasteiger partial charge in [-0.2, -0.15) is 0 Å². The van der Waals surface area contributed by atoms with Gasteiger partial charge in [0.15, 0.2) is 0 Å². The van der Waals surface area contributed by atoms with E-state index in [9.17, 15) is 9.59 Å². The van der Waals surface area contributed by atoms with E-state index in [1.807, 2.05) is 26.0 Å². The number of rotatable bonds is 9. The average molecular weight is 571 g/mol. The Kier molecular flexibility index (Phi) is 9.38. The van der Waals surface area contributed by atoms with E-state index in [1.54, 1.807) is 6.07 Å². The summed E-state index contributed by atoms with van der Waals surface area (Å²) in [6, 6.07) is 6.54. The highest BCUT2D eigenvalue weighted by Crippen LogP contribution is 2.39. The number of likely N-dealkylation sites (tertiary alicyclic amines) is 1. The number of aromatic nitrogens is 1. The number of carbonyl (C=O) groups excluding carboxylic acids is 1. The van der Waals surface area contributed by atoms with E-state index in [2.05, 4.69) is 27.0 Å². The minimum absolute atomic E-state index is 0.120. The number of nitrogens with one attached hydrogen (secondary N) is 2. The van der Waals surface area contributed by atoms with Gasteiger partial charge in [-0.25, -0.2) is 0 Å². The van der Waals surface area contributed by atoms with Crippen molar-refractivity contribution in [2.45, 2.75) is 90.4 Å². The van der Waals surface area contributed by atoms with Crippen molar-refractivity contribution in [3.8, 4) is 5.75 Å². The summed E-state index contributed by atoms with van der Waals surface area (Å²) in [5.41, 5.74) is 3.17. The number of anilines is 1. The van der Waals surface area contributed by atoms with Crippen LogP contribution in [-0.2, 0) is 11.3 Å². The van der Waals surface area contributed by atoms with Gasteiger partial charge in [0.05, 0.1) is 16.3 Å². The molecular formula is C31H43ClN4O4. The first-order chi connectivity index (χ1) is 19.3. The third-order valence-electron chi connectivity index (χ3n) is 8.75. The van der Waals surface area contributed by atoms with Crippen molar-refractivity contribution in [2.75, 3.05) is 37.7 Å². The average Bonchev–Trinajstić information content (AvgIpc) is 2.92. The number of ether oxygens (including phenoxy) is 2. The second kappa shape index (κ2) is 13.0. The Labute approximate surface area is 242 Å². The van der Waals surface area contributed by atoms with Gasteiger partial charge in [0.2, 0.25) is 0 Å². The quantitative estimate of drug-likeness (QED) is 0.442. The summed E-state index contributed by atoms with van der Waals surface area (Å²) in [5, 5.41) is 3.35. The van der Waals surface area contributed by atoms with Gasteiger partial charge in [-0.05, 0) is 77.2 Å². The molecule has 3 aliphatic rings. The molecule has 1 saturated carbocycles. The van der Waals surface area contributed by atoms with Crippen molar-refractivity contribution in [2.24, 2.45) is 0 Å². The van der Waals surface area contributed by atoms with Crippen LogP contribution in [-0.4, -0.2) is 66.8 Å². The Morgan fingerprint density at radius 2 is 1.88 bits per heavy atom. The van der Waals surface area contributed by atoms with Gasteiger partial charge >= 0.3 is 0 Å². The number of H-pyrrole nitrogens is 1. The van der Waals surface area contributed by atoms with Gasteiger partial charge in [-0.1, -0.05) is 18.0 Å². The van der Waals surface area contributed by atoms with Gasteiger partial charge in [0, 0.05) is 68.6 Å². The normalized spacial score (nSPS) is 22.0. The summed E-state index contributed by atoms with van der Waals surface area (Å²) in [5.74, 6) is 0.348. The third kappa shape index (κ3) is 6.50. The van der Waals surface area contributed by atoms with E-state index in [0.717, 1.165) is 49.2 Å². The number of aryl methyl sites for hydroxylation is 2. The summed E-state index contributed by atoms with van der Waals surface area (Å²) < 4.78 is 12.1. The highest BCUT2D eigenvalue weighted by molar-refractivity contribution is 6.36. The van der Waals surface area contributed by atoms with E-state index in [-0.39, 0.29) is 30.2 Å². The monoisotopic (exact) mass is 570 g/mol. The summed E-state index contributed by atoms with van der Waals surface area (Å²) in [6.45, 7) is 10.5. The van der Waals surface area contributed by atoms with Crippen molar-refractivity contribution >= 4 is 23.2 Å². The lowest BCUT2D eigenvalue weighted by molar-refractivity contribution is 0.00889. The topological polar surface area (TPSA) is 86.9 Å². The molecule has 5 rings (SSSR count). The molecule has 2 aliphatic heterocycles. The van der Waals surface area contributed by atoms with E-state index >= 15 is 0 Å². The zero-order valence-electron chi connectivity index (χ0n) is 24.1. The van der Waals surface area contributed by atoms with Crippen LogP contribution in [0.4, 0.5) is 5.69 Å². The van der Waals surface area contributed by atoms with Crippen LogP contribution in [0.2, 0.25) is 5.02 Å². The number of nitrogens with zero attached hydrogens (tertiary/aromatic N) is 2. The molecule has 9 heteroatoms. The number of hydrogen-bond donors (Lipinski definition) is 2. The van der Waals surface area contributed by atoms with Crippen LogP contribution in [0.1, 0.15) is 79.0 Å². The Balaban J connectivity index is 1.37. The van der Waals surface area contributed by atoms with Crippen molar-refractivity contribution in [1.29, 1.82) is 0 Å². The molecule has 8 nitrogen and oxygen atoms in total. The van der Waals surface area contributed by atoms with Crippen molar-refractivity contribution in [3.05, 3.63) is 56.0 Å². The summed E-state index contributed by atoms with van der Waals surface area (Å²) in [6.07, 6.45) is 7.86. The van der Waals surface area contributed by atoms with E-state index in [0.29, 0.717) is 41.2 Å². The molecule has 1 aliphatic carbocycles. The van der Waals surface area contributed by atoms with Crippen molar-refractivity contribution < 1.29 is 14.3 Å². The molecule has 218 valence electrons. The Morgan fingerprint density at radius 1 is 1.15 bits per heavy atom. The molecule has 3 fully saturated rings. The van der Waals surface area contributed by atoms with Crippen LogP contribution in [0, 0.1) is 13.8 Å². The maximum atomic E-state index is 13.5.